The van der Waals surface area contributed by atoms with E-state index in [1.165, 1.54) is 6.20 Å². The van der Waals surface area contributed by atoms with Gasteiger partial charge in [0.25, 0.3) is 0 Å². The van der Waals surface area contributed by atoms with E-state index >= 15 is 0 Å². The molecule has 1 N–H and O–H groups in total. The monoisotopic (exact) mass is 255 g/mol. The summed E-state index contributed by atoms with van der Waals surface area (Å²) >= 11 is 0. The number of phenolic OH excluding ortho intramolecular Hbond substituents is 1. The molecule has 0 amide bonds. The first-order chi connectivity index (χ1) is 8.91. The van der Waals surface area contributed by atoms with E-state index in [9.17, 15) is 9.90 Å². The Kier molecular flexibility index (Phi) is 3.38. The fourth-order valence-corrected chi connectivity index (χ4v) is 2.00. The first kappa shape index (κ1) is 13.3. The summed E-state index contributed by atoms with van der Waals surface area (Å²) in [6, 6.07) is 7.25. The van der Waals surface area contributed by atoms with Gasteiger partial charge in [-0.1, -0.05) is 26.8 Å². The third kappa shape index (κ3) is 2.81. The van der Waals surface area contributed by atoms with Crippen molar-refractivity contribution in [1.29, 1.82) is 0 Å². The third-order valence-electron chi connectivity index (χ3n) is 3.03. The molecule has 3 heteroatoms. The number of carbonyl (C=O) groups excluding carboxylic acids is 1. The van der Waals surface area contributed by atoms with Crippen LogP contribution in [-0.4, -0.2) is 16.4 Å². The lowest BCUT2D eigenvalue weighted by molar-refractivity contribution is 0.112. The SMILES string of the molecule is CC(C)(C)c1cc(-c2cncc(C=O)c2)ccc1O. The van der Waals surface area contributed by atoms with E-state index in [1.807, 2.05) is 32.9 Å². The second-order valence-electron chi connectivity index (χ2n) is 5.61. The van der Waals surface area contributed by atoms with Gasteiger partial charge in [-0.05, 0) is 34.7 Å². The molecule has 1 heterocycles. The maximum Gasteiger partial charge on any atom is 0.151 e. The summed E-state index contributed by atoms with van der Waals surface area (Å²) in [5.41, 5.74) is 3.09. The maximum absolute atomic E-state index is 10.8. The van der Waals surface area contributed by atoms with Crippen LogP contribution >= 0.6 is 0 Å². The molecule has 0 unspecified atom stereocenters. The van der Waals surface area contributed by atoms with Gasteiger partial charge in [0.15, 0.2) is 6.29 Å². The molecule has 0 bridgehead atoms. The minimum Gasteiger partial charge on any atom is -0.508 e. The molecule has 0 spiro atoms. The molecule has 1 aromatic carbocycles. The van der Waals surface area contributed by atoms with Crippen molar-refractivity contribution in [2.75, 3.05) is 0 Å². The van der Waals surface area contributed by atoms with Crippen molar-refractivity contribution in [3.63, 3.8) is 0 Å². The Bertz CT molecular complexity index is 612. The quantitative estimate of drug-likeness (QED) is 0.835. The van der Waals surface area contributed by atoms with Crippen LogP contribution in [0, 0.1) is 0 Å². The Morgan fingerprint density at radius 2 is 1.84 bits per heavy atom. The van der Waals surface area contributed by atoms with Gasteiger partial charge in [-0.2, -0.15) is 0 Å². The molecule has 19 heavy (non-hydrogen) atoms. The second kappa shape index (κ2) is 4.84. The van der Waals surface area contributed by atoms with Crippen LogP contribution in [0.4, 0.5) is 0 Å². The standard InChI is InChI=1S/C16H17NO2/c1-16(2,3)14-7-12(4-5-15(14)19)13-6-11(10-18)8-17-9-13/h4-10,19H,1-3H3. The predicted octanol–water partition coefficient (Wildman–Crippen LogP) is 3.56. The number of rotatable bonds is 2. The van der Waals surface area contributed by atoms with Crippen LogP contribution in [0.1, 0.15) is 36.7 Å². The molecule has 0 aliphatic rings. The highest BCUT2D eigenvalue weighted by Gasteiger charge is 2.18. The number of benzene rings is 1. The summed E-state index contributed by atoms with van der Waals surface area (Å²) in [6.45, 7) is 6.14. The molecular formula is C16H17NO2. The normalized spacial score (nSPS) is 11.3. The molecule has 0 aliphatic carbocycles. The van der Waals surface area contributed by atoms with Crippen molar-refractivity contribution >= 4 is 6.29 Å². The molecular weight excluding hydrogens is 238 g/mol. The lowest BCUT2D eigenvalue weighted by atomic mass is 9.84. The van der Waals surface area contributed by atoms with Crippen molar-refractivity contribution in [3.8, 4) is 16.9 Å². The van der Waals surface area contributed by atoms with Gasteiger partial charge in [0.1, 0.15) is 5.75 Å². The molecule has 0 saturated carbocycles. The van der Waals surface area contributed by atoms with Crippen LogP contribution < -0.4 is 0 Å². The van der Waals surface area contributed by atoms with E-state index in [2.05, 4.69) is 4.98 Å². The van der Waals surface area contributed by atoms with Gasteiger partial charge in [0.2, 0.25) is 0 Å². The molecule has 0 aliphatic heterocycles. The zero-order valence-electron chi connectivity index (χ0n) is 11.3. The zero-order valence-corrected chi connectivity index (χ0v) is 11.3. The zero-order chi connectivity index (χ0) is 14.0. The topological polar surface area (TPSA) is 50.2 Å². The number of hydrogen-bond acceptors (Lipinski definition) is 3. The minimum atomic E-state index is -0.143. The largest absolute Gasteiger partial charge is 0.508 e. The smallest absolute Gasteiger partial charge is 0.151 e. The number of phenols is 1. The first-order valence-electron chi connectivity index (χ1n) is 6.16. The molecule has 98 valence electrons. The second-order valence-corrected chi connectivity index (χ2v) is 5.61. The average Bonchev–Trinajstić information content (AvgIpc) is 2.38. The highest BCUT2D eigenvalue weighted by Crippen LogP contribution is 2.34. The highest BCUT2D eigenvalue weighted by atomic mass is 16.3. The molecule has 0 radical (unpaired) electrons. The number of pyridine rings is 1. The van der Waals surface area contributed by atoms with Crippen LogP contribution in [0.5, 0.6) is 5.75 Å². The molecule has 0 fully saturated rings. The van der Waals surface area contributed by atoms with E-state index in [-0.39, 0.29) is 11.2 Å². The number of aldehydes is 1. The lowest BCUT2D eigenvalue weighted by Gasteiger charge is -2.21. The van der Waals surface area contributed by atoms with Gasteiger partial charge in [-0.15, -0.1) is 0 Å². The van der Waals surface area contributed by atoms with Gasteiger partial charge in [0.05, 0.1) is 0 Å². The van der Waals surface area contributed by atoms with Crippen LogP contribution in [0.3, 0.4) is 0 Å². The number of nitrogens with zero attached hydrogens (tertiary/aromatic N) is 1. The summed E-state index contributed by atoms with van der Waals surface area (Å²) in [4.78, 5) is 14.8. The van der Waals surface area contributed by atoms with E-state index < -0.39 is 0 Å². The lowest BCUT2D eigenvalue weighted by Crippen LogP contribution is -2.11. The third-order valence-corrected chi connectivity index (χ3v) is 3.03. The van der Waals surface area contributed by atoms with E-state index in [4.69, 9.17) is 0 Å². The minimum absolute atomic E-state index is 0.143. The Hall–Kier alpha value is -2.16. The molecule has 2 rings (SSSR count). The number of hydrogen-bond donors (Lipinski definition) is 1. The molecule has 0 saturated heterocycles. The number of carbonyl (C=O) groups is 1. The number of aromatic nitrogens is 1. The molecule has 0 atom stereocenters. The van der Waals surface area contributed by atoms with Gasteiger partial charge in [-0.25, -0.2) is 0 Å². The fraction of sp³-hybridized carbons (Fsp3) is 0.250. The molecule has 3 nitrogen and oxygen atoms in total. The Labute approximate surface area is 112 Å². The van der Waals surface area contributed by atoms with E-state index in [0.29, 0.717) is 5.56 Å². The van der Waals surface area contributed by atoms with Crippen LogP contribution in [0.15, 0.2) is 36.7 Å². The number of aromatic hydroxyl groups is 1. The highest BCUT2D eigenvalue weighted by molar-refractivity contribution is 5.78. The van der Waals surface area contributed by atoms with E-state index in [1.54, 1.807) is 18.3 Å². The van der Waals surface area contributed by atoms with Crippen LogP contribution in [0.25, 0.3) is 11.1 Å². The van der Waals surface area contributed by atoms with E-state index in [0.717, 1.165) is 23.0 Å². The summed E-state index contributed by atoms with van der Waals surface area (Å²) in [7, 11) is 0. The summed E-state index contributed by atoms with van der Waals surface area (Å²) in [5, 5.41) is 9.95. The Balaban J connectivity index is 2.54. The van der Waals surface area contributed by atoms with Crippen molar-refractivity contribution in [3.05, 3.63) is 47.8 Å². The van der Waals surface area contributed by atoms with Gasteiger partial charge in [-0.3, -0.25) is 9.78 Å². The molecule has 2 aromatic rings. The summed E-state index contributed by atoms with van der Waals surface area (Å²) in [6.07, 6.45) is 4.02. The Morgan fingerprint density at radius 1 is 1.11 bits per heavy atom. The van der Waals surface area contributed by atoms with Crippen molar-refractivity contribution in [2.45, 2.75) is 26.2 Å². The van der Waals surface area contributed by atoms with Crippen LogP contribution in [-0.2, 0) is 5.41 Å². The fourth-order valence-electron chi connectivity index (χ4n) is 2.00. The Morgan fingerprint density at radius 3 is 2.47 bits per heavy atom. The van der Waals surface area contributed by atoms with Crippen molar-refractivity contribution < 1.29 is 9.90 Å². The van der Waals surface area contributed by atoms with Gasteiger partial charge in [0, 0.05) is 23.5 Å². The van der Waals surface area contributed by atoms with Gasteiger partial charge < -0.3 is 5.11 Å². The average molecular weight is 255 g/mol. The molecule has 1 aromatic heterocycles. The van der Waals surface area contributed by atoms with Gasteiger partial charge >= 0.3 is 0 Å². The summed E-state index contributed by atoms with van der Waals surface area (Å²) < 4.78 is 0. The van der Waals surface area contributed by atoms with Crippen LogP contribution in [0.2, 0.25) is 0 Å². The summed E-state index contributed by atoms with van der Waals surface area (Å²) in [5.74, 6) is 0.288. The predicted molar refractivity (Wildman–Crippen MR) is 75.4 cm³/mol. The maximum atomic E-state index is 10.8. The first-order valence-corrected chi connectivity index (χ1v) is 6.16. The van der Waals surface area contributed by atoms with Crippen molar-refractivity contribution in [1.82, 2.24) is 4.98 Å². The van der Waals surface area contributed by atoms with Crippen molar-refractivity contribution in [2.24, 2.45) is 0 Å².